The van der Waals surface area contributed by atoms with Crippen LogP contribution in [0, 0.1) is 0 Å². The molecule has 164 valence electrons. The van der Waals surface area contributed by atoms with Crippen molar-refractivity contribution in [3.63, 3.8) is 0 Å². The lowest BCUT2D eigenvalue weighted by atomic mass is 10.1. The van der Waals surface area contributed by atoms with Crippen molar-refractivity contribution in [2.45, 2.75) is 12.4 Å². The van der Waals surface area contributed by atoms with Gasteiger partial charge in [0.1, 0.15) is 22.6 Å². The number of nitrogens with zero attached hydrogens (tertiary/aromatic N) is 4. The number of anilines is 1. The minimum Gasteiger partial charge on any atom is -0.321 e. The average molecular weight is 445 g/mol. The molecule has 0 spiro atoms. The largest absolute Gasteiger partial charge is 0.433 e. The monoisotopic (exact) mass is 445 g/mol. The third-order valence-electron chi connectivity index (χ3n) is 4.23. The maximum absolute atomic E-state index is 13.9. The zero-order valence-electron chi connectivity index (χ0n) is 15.8. The Hall–Kier alpha value is -3.64. The number of aryl methyl sites for hydroxylation is 2. The number of carbonyl (C=O) groups excluding carboxylic acids is 1. The van der Waals surface area contributed by atoms with Gasteiger partial charge in [-0.2, -0.15) is 31.4 Å². The van der Waals surface area contributed by atoms with Gasteiger partial charge in [-0.3, -0.25) is 19.3 Å². The minimum absolute atomic E-state index is 0.393. The third kappa shape index (κ3) is 4.29. The van der Waals surface area contributed by atoms with Crippen LogP contribution in [0.2, 0.25) is 0 Å². The van der Waals surface area contributed by atoms with Gasteiger partial charge in [-0.15, -0.1) is 0 Å². The van der Waals surface area contributed by atoms with Crippen molar-refractivity contribution >= 4 is 11.6 Å². The summed E-state index contributed by atoms with van der Waals surface area (Å²) >= 11 is 0. The molecule has 3 heterocycles. The van der Waals surface area contributed by atoms with Crippen LogP contribution in [-0.4, -0.2) is 25.2 Å². The van der Waals surface area contributed by atoms with Crippen LogP contribution in [-0.2, 0) is 26.4 Å². The number of pyridine rings is 2. The van der Waals surface area contributed by atoms with Crippen molar-refractivity contribution in [3.05, 3.63) is 64.0 Å². The number of halogens is 6. The first-order valence-corrected chi connectivity index (χ1v) is 8.45. The van der Waals surface area contributed by atoms with Crippen LogP contribution in [0.4, 0.5) is 32.0 Å². The van der Waals surface area contributed by atoms with Gasteiger partial charge in [-0.25, -0.2) is 0 Å². The van der Waals surface area contributed by atoms with Crippen molar-refractivity contribution in [1.29, 1.82) is 0 Å². The van der Waals surface area contributed by atoms with E-state index < -0.39 is 57.7 Å². The lowest BCUT2D eigenvalue weighted by molar-refractivity contribution is -0.141. The molecular weight excluding hydrogens is 432 g/mol. The van der Waals surface area contributed by atoms with E-state index >= 15 is 0 Å². The lowest BCUT2D eigenvalue weighted by Crippen LogP contribution is -2.22. The minimum atomic E-state index is -5.09. The fourth-order valence-electron chi connectivity index (χ4n) is 2.87. The van der Waals surface area contributed by atoms with Crippen molar-refractivity contribution < 1.29 is 31.1 Å². The first-order valence-electron chi connectivity index (χ1n) is 8.45. The van der Waals surface area contributed by atoms with Gasteiger partial charge in [-0.05, 0) is 24.3 Å². The average Bonchev–Trinajstić information content (AvgIpc) is 3.01. The fraction of sp³-hybridized carbons (Fsp3) is 0.222. The summed E-state index contributed by atoms with van der Waals surface area (Å²) in [4.78, 5) is 28.0. The van der Waals surface area contributed by atoms with Gasteiger partial charge in [0, 0.05) is 32.2 Å². The smallest absolute Gasteiger partial charge is 0.321 e. The van der Waals surface area contributed by atoms with Crippen LogP contribution in [0.15, 0.2) is 41.5 Å². The van der Waals surface area contributed by atoms with Gasteiger partial charge in [0.05, 0.1) is 5.56 Å². The Balaban J connectivity index is 2.12. The van der Waals surface area contributed by atoms with E-state index in [9.17, 15) is 35.9 Å². The van der Waals surface area contributed by atoms with E-state index in [-0.39, 0.29) is 0 Å². The molecular formula is C18H13F6N5O2. The van der Waals surface area contributed by atoms with Crippen molar-refractivity contribution in [2.24, 2.45) is 14.1 Å². The fourth-order valence-corrected chi connectivity index (χ4v) is 2.87. The van der Waals surface area contributed by atoms with Crippen LogP contribution in [0.5, 0.6) is 0 Å². The highest BCUT2D eigenvalue weighted by Gasteiger charge is 2.43. The molecule has 0 radical (unpaired) electrons. The van der Waals surface area contributed by atoms with E-state index in [1.165, 1.54) is 19.3 Å². The quantitative estimate of drug-likeness (QED) is 0.626. The zero-order chi connectivity index (χ0) is 23.1. The standard InChI is InChI=1S/C18H13F6N5O2/c1-28-7-3-4-10(16(28)31)13-12(18(22,23)24)14(29(2)27-13)15(30)26-9-5-6-25-11(8-9)17(19,20)21/h3-8H,1-2H3,(H,25,26,30). The summed E-state index contributed by atoms with van der Waals surface area (Å²) in [5.41, 5.74) is -6.15. The predicted molar refractivity (Wildman–Crippen MR) is 96.1 cm³/mol. The number of alkyl halides is 6. The molecule has 3 aromatic heterocycles. The van der Waals surface area contributed by atoms with Crippen molar-refractivity contribution in [3.8, 4) is 11.3 Å². The zero-order valence-corrected chi connectivity index (χ0v) is 15.8. The number of hydrogen-bond donors (Lipinski definition) is 1. The summed E-state index contributed by atoms with van der Waals surface area (Å²) in [5, 5.41) is 5.69. The number of hydrogen-bond acceptors (Lipinski definition) is 4. The highest BCUT2D eigenvalue weighted by Crippen LogP contribution is 2.38. The van der Waals surface area contributed by atoms with E-state index in [0.29, 0.717) is 10.7 Å². The molecule has 0 aliphatic carbocycles. The Bertz CT molecular complexity index is 1210. The van der Waals surface area contributed by atoms with Crippen LogP contribution in [0.1, 0.15) is 21.7 Å². The first kappa shape index (κ1) is 22.1. The van der Waals surface area contributed by atoms with Gasteiger partial charge in [0.15, 0.2) is 0 Å². The first-order chi connectivity index (χ1) is 14.3. The van der Waals surface area contributed by atoms with Gasteiger partial charge in [-0.1, -0.05) is 0 Å². The maximum atomic E-state index is 13.9. The Labute approximate surface area is 169 Å². The topological polar surface area (TPSA) is 81.8 Å². The Morgan fingerprint density at radius 2 is 1.74 bits per heavy atom. The molecule has 0 atom stereocenters. The second kappa shape index (κ2) is 7.56. The highest BCUT2D eigenvalue weighted by molar-refractivity contribution is 6.05. The molecule has 0 saturated heterocycles. The molecule has 1 amide bonds. The molecule has 31 heavy (non-hydrogen) atoms. The van der Waals surface area contributed by atoms with E-state index in [2.05, 4.69) is 10.1 Å². The lowest BCUT2D eigenvalue weighted by Gasteiger charge is -2.12. The molecule has 7 nitrogen and oxygen atoms in total. The molecule has 0 aromatic carbocycles. The summed E-state index contributed by atoms with van der Waals surface area (Å²) in [6.45, 7) is 0. The molecule has 3 rings (SSSR count). The van der Waals surface area contributed by atoms with Crippen molar-refractivity contribution in [2.75, 3.05) is 5.32 Å². The summed E-state index contributed by atoms with van der Waals surface area (Å²) in [7, 11) is 2.38. The van der Waals surface area contributed by atoms with Crippen molar-refractivity contribution in [1.82, 2.24) is 19.3 Å². The number of carbonyl (C=O) groups is 1. The highest BCUT2D eigenvalue weighted by atomic mass is 19.4. The van der Waals surface area contributed by atoms with E-state index in [0.717, 1.165) is 29.9 Å². The molecule has 3 aromatic rings. The Kier molecular flexibility index (Phi) is 5.38. The Morgan fingerprint density at radius 3 is 2.35 bits per heavy atom. The van der Waals surface area contributed by atoms with E-state index in [4.69, 9.17) is 0 Å². The summed E-state index contributed by atoms with van der Waals surface area (Å²) < 4.78 is 81.6. The predicted octanol–water partition coefficient (Wildman–Crippen LogP) is 3.47. The van der Waals surface area contributed by atoms with Gasteiger partial charge >= 0.3 is 12.4 Å². The van der Waals surface area contributed by atoms with Gasteiger partial charge in [0.2, 0.25) is 0 Å². The summed E-state index contributed by atoms with van der Waals surface area (Å²) in [5.74, 6) is -1.36. The SMILES string of the molecule is Cn1nc(-c2cccn(C)c2=O)c(C(F)(F)F)c1C(=O)Nc1ccnc(C(F)(F)F)c1. The molecule has 1 N–H and O–H groups in total. The molecule has 0 bridgehead atoms. The van der Waals surface area contributed by atoms with Crippen LogP contribution < -0.4 is 10.9 Å². The number of rotatable bonds is 3. The normalized spacial score (nSPS) is 12.1. The van der Waals surface area contributed by atoms with Gasteiger partial charge < -0.3 is 9.88 Å². The van der Waals surface area contributed by atoms with E-state index in [1.54, 1.807) is 0 Å². The third-order valence-corrected chi connectivity index (χ3v) is 4.23. The molecule has 0 fully saturated rings. The molecule has 13 heteroatoms. The summed E-state index contributed by atoms with van der Waals surface area (Å²) in [6.07, 6.45) is -7.82. The second-order valence-electron chi connectivity index (χ2n) is 6.41. The molecule has 0 saturated carbocycles. The maximum Gasteiger partial charge on any atom is 0.433 e. The van der Waals surface area contributed by atoms with Crippen LogP contribution in [0.3, 0.4) is 0 Å². The van der Waals surface area contributed by atoms with Crippen LogP contribution >= 0.6 is 0 Å². The summed E-state index contributed by atoms with van der Waals surface area (Å²) in [6, 6.07) is 3.93. The number of nitrogens with one attached hydrogen (secondary N) is 1. The molecule has 0 aliphatic heterocycles. The van der Waals surface area contributed by atoms with Crippen LogP contribution in [0.25, 0.3) is 11.3 Å². The van der Waals surface area contributed by atoms with Gasteiger partial charge in [0.25, 0.3) is 11.5 Å². The van der Waals surface area contributed by atoms with E-state index in [1.807, 2.05) is 5.32 Å². The molecule has 0 aliphatic rings. The number of aromatic nitrogens is 4. The number of amides is 1. The molecule has 0 unspecified atom stereocenters. The second-order valence-corrected chi connectivity index (χ2v) is 6.41. The Morgan fingerprint density at radius 1 is 1.06 bits per heavy atom.